The third kappa shape index (κ3) is 6.41. The van der Waals surface area contributed by atoms with Gasteiger partial charge in [0.1, 0.15) is 0 Å². The van der Waals surface area contributed by atoms with Crippen molar-refractivity contribution in [1.29, 1.82) is 0 Å². The quantitative estimate of drug-likeness (QED) is 0.766. The van der Waals surface area contributed by atoms with E-state index in [1.54, 1.807) is 0 Å². The number of hydrogen-bond donors (Lipinski definition) is 1. The second-order valence-corrected chi connectivity index (χ2v) is 7.24. The summed E-state index contributed by atoms with van der Waals surface area (Å²) in [6.45, 7) is 11.3. The van der Waals surface area contributed by atoms with E-state index in [4.69, 9.17) is 0 Å². The van der Waals surface area contributed by atoms with Crippen LogP contribution in [0, 0.1) is 14.9 Å². The predicted octanol–water partition coefficient (Wildman–Crippen LogP) is 4.11. The molecule has 0 heterocycles. The van der Waals surface area contributed by atoms with Crippen LogP contribution in [0.1, 0.15) is 33.3 Å². The van der Waals surface area contributed by atoms with Crippen molar-refractivity contribution < 1.29 is 0 Å². The van der Waals surface area contributed by atoms with Gasteiger partial charge in [0.05, 0.1) is 0 Å². The molecule has 0 aliphatic heterocycles. The first-order valence-corrected chi connectivity index (χ1v) is 7.42. The Morgan fingerprint density at radius 2 is 1.76 bits per heavy atom. The lowest BCUT2D eigenvalue weighted by molar-refractivity contribution is 0.330. The summed E-state index contributed by atoms with van der Waals surface area (Å²) in [5.74, 6) is 0.726. The van der Waals surface area contributed by atoms with Crippen molar-refractivity contribution in [3.8, 4) is 0 Å². The highest BCUT2D eigenvalue weighted by atomic mass is 127. The van der Waals surface area contributed by atoms with Crippen LogP contribution in [0.4, 0.5) is 0 Å². The molecule has 0 unspecified atom stereocenters. The summed E-state index contributed by atoms with van der Waals surface area (Å²) in [5.41, 5.74) is 1.75. The Morgan fingerprint density at radius 3 is 2.29 bits per heavy atom. The van der Waals surface area contributed by atoms with Crippen LogP contribution in [0.5, 0.6) is 0 Å². The minimum absolute atomic E-state index is 0.321. The Morgan fingerprint density at radius 1 is 1.18 bits per heavy atom. The first kappa shape index (κ1) is 15.0. The van der Waals surface area contributed by atoms with E-state index in [-0.39, 0.29) is 0 Å². The Bertz CT molecular complexity index is 327. The molecule has 0 atom stereocenters. The molecule has 0 saturated carbocycles. The molecule has 1 aromatic rings. The number of benzene rings is 1. The van der Waals surface area contributed by atoms with E-state index in [0.29, 0.717) is 5.41 Å². The summed E-state index contributed by atoms with van der Waals surface area (Å²) in [7, 11) is 0. The molecule has 1 rings (SSSR count). The predicted molar refractivity (Wildman–Crippen MR) is 84.4 cm³/mol. The van der Waals surface area contributed by atoms with Crippen LogP contribution in [-0.4, -0.2) is 13.1 Å². The Hall–Kier alpha value is -0.0900. The molecule has 1 N–H and O–H groups in total. The van der Waals surface area contributed by atoms with E-state index in [2.05, 4.69) is 79.9 Å². The molecule has 0 bridgehead atoms. The van der Waals surface area contributed by atoms with Gasteiger partial charge in [0.2, 0.25) is 0 Å². The van der Waals surface area contributed by atoms with Crippen LogP contribution in [-0.2, 0) is 6.42 Å². The molecular formula is C15H24IN. The van der Waals surface area contributed by atoms with Gasteiger partial charge in [-0.3, -0.25) is 0 Å². The van der Waals surface area contributed by atoms with E-state index < -0.39 is 0 Å². The Balaban J connectivity index is 2.45. The van der Waals surface area contributed by atoms with Crippen LogP contribution in [0.2, 0.25) is 0 Å². The fourth-order valence-corrected chi connectivity index (χ4v) is 2.28. The molecule has 1 nitrogen and oxygen atoms in total. The van der Waals surface area contributed by atoms with Gasteiger partial charge in [0.25, 0.3) is 0 Å². The topological polar surface area (TPSA) is 12.0 Å². The zero-order valence-electron chi connectivity index (χ0n) is 11.4. The highest BCUT2D eigenvalue weighted by Crippen LogP contribution is 2.21. The summed E-state index contributed by atoms with van der Waals surface area (Å²) in [6, 6.07) is 8.86. The number of halogens is 1. The van der Waals surface area contributed by atoms with Crippen molar-refractivity contribution in [2.24, 2.45) is 11.3 Å². The van der Waals surface area contributed by atoms with Gasteiger partial charge in [-0.2, -0.15) is 0 Å². The molecule has 0 aliphatic carbocycles. The second-order valence-electron chi connectivity index (χ2n) is 5.99. The average molecular weight is 345 g/mol. The Labute approximate surface area is 120 Å². The van der Waals surface area contributed by atoms with Crippen LogP contribution in [0.25, 0.3) is 0 Å². The van der Waals surface area contributed by atoms with Crippen molar-refractivity contribution in [1.82, 2.24) is 5.32 Å². The molecule has 0 aliphatic rings. The summed E-state index contributed by atoms with van der Waals surface area (Å²) in [5, 5.41) is 3.56. The first-order chi connectivity index (χ1) is 7.89. The minimum Gasteiger partial charge on any atom is -0.316 e. The molecule has 96 valence electrons. The lowest BCUT2D eigenvalue weighted by atomic mass is 9.85. The van der Waals surface area contributed by atoms with Gasteiger partial charge < -0.3 is 5.32 Å². The van der Waals surface area contributed by atoms with E-state index in [0.717, 1.165) is 25.4 Å². The smallest absolute Gasteiger partial charge is 0.0130 e. The van der Waals surface area contributed by atoms with Crippen molar-refractivity contribution in [3.05, 3.63) is 33.4 Å². The lowest BCUT2D eigenvalue weighted by Crippen LogP contribution is -2.33. The summed E-state index contributed by atoms with van der Waals surface area (Å²) in [4.78, 5) is 0. The van der Waals surface area contributed by atoms with Gasteiger partial charge in [0, 0.05) is 10.1 Å². The molecular weight excluding hydrogens is 321 g/mol. The van der Waals surface area contributed by atoms with Crippen LogP contribution < -0.4 is 5.32 Å². The molecule has 0 radical (unpaired) electrons. The fraction of sp³-hybridized carbons (Fsp3) is 0.600. The van der Waals surface area contributed by atoms with E-state index in [1.165, 1.54) is 9.13 Å². The van der Waals surface area contributed by atoms with Crippen molar-refractivity contribution in [3.63, 3.8) is 0 Å². The van der Waals surface area contributed by atoms with Gasteiger partial charge >= 0.3 is 0 Å². The SMILES string of the molecule is CC(C)CNCC(C)(C)Cc1ccc(I)cc1. The van der Waals surface area contributed by atoms with Crippen LogP contribution in [0.15, 0.2) is 24.3 Å². The van der Waals surface area contributed by atoms with E-state index in [1.807, 2.05) is 0 Å². The lowest BCUT2D eigenvalue weighted by Gasteiger charge is -2.26. The summed E-state index contributed by atoms with van der Waals surface area (Å²) in [6.07, 6.45) is 1.13. The number of nitrogens with one attached hydrogen (secondary N) is 1. The Kier molecular flexibility index (Phi) is 5.93. The molecule has 0 fully saturated rings. The van der Waals surface area contributed by atoms with Crippen LogP contribution >= 0.6 is 22.6 Å². The fourth-order valence-electron chi connectivity index (χ4n) is 1.92. The van der Waals surface area contributed by atoms with Crippen molar-refractivity contribution in [2.45, 2.75) is 34.1 Å². The standard InChI is InChI=1S/C15H24IN/c1-12(2)10-17-11-15(3,4)9-13-5-7-14(16)8-6-13/h5-8,12,17H,9-11H2,1-4H3. The van der Waals surface area contributed by atoms with Gasteiger partial charge in [-0.1, -0.05) is 39.8 Å². The largest absolute Gasteiger partial charge is 0.316 e. The van der Waals surface area contributed by atoms with Gasteiger partial charge in [-0.15, -0.1) is 0 Å². The minimum atomic E-state index is 0.321. The highest BCUT2D eigenvalue weighted by molar-refractivity contribution is 14.1. The zero-order valence-corrected chi connectivity index (χ0v) is 13.5. The average Bonchev–Trinajstić information content (AvgIpc) is 2.20. The van der Waals surface area contributed by atoms with Gasteiger partial charge in [-0.25, -0.2) is 0 Å². The second kappa shape index (κ2) is 6.74. The molecule has 0 amide bonds. The van der Waals surface area contributed by atoms with Crippen LogP contribution in [0.3, 0.4) is 0 Å². The molecule has 0 spiro atoms. The maximum Gasteiger partial charge on any atom is 0.0130 e. The van der Waals surface area contributed by atoms with E-state index in [9.17, 15) is 0 Å². The molecule has 0 saturated heterocycles. The van der Waals surface area contributed by atoms with Gasteiger partial charge in [-0.05, 0) is 64.6 Å². The highest BCUT2D eigenvalue weighted by Gasteiger charge is 2.18. The van der Waals surface area contributed by atoms with Crippen molar-refractivity contribution in [2.75, 3.05) is 13.1 Å². The zero-order chi connectivity index (χ0) is 12.9. The molecule has 17 heavy (non-hydrogen) atoms. The van der Waals surface area contributed by atoms with E-state index >= 15 is 0 Å². The third-order valence-corrected chi connectivity index (χ3v) is 3.47. The number of rotatable bonds is 6. The summed E-state index contributed by atoms with van der Waals surface area (Å²) >= 11 is 2.35. The molecule has 1 aromatic carbocycles. The molecule has 2 heteroatoms. The maximum absolute atomic E-state index is 3.56. The monoisotopic (exact) mass is 345 g/mol. The summed E-state index contributed by atoms with van der Waals surface area (Å²) < 4.78 is 1.31. The first-order valence-electron chi connectivity index (χ1n) is 6.34. The maximum atomic E-state index is 3.56. The van der Waals surface area contributed by atoms with Crippen molar-refractivity contribution >= 4 is 22.6 Å². The normalized spacial score (nSPS) is 12.1. The number of hydrogen-bond acceptors (Lipinski definition) is 1. The van der Waals surface area contributed by atoms with Gasteiger partial charge in [0.15, 0.2) is 0 Å². The third-order valence-electron chi connectivity index (χ3n) is 2.75. The molecule has 0 aromatic heterocycles.